The largest absolute Gasteiger partial charge is 0.309 e. The first-order valence-corrected chi connectivity index (χ1v) is 23.4. The predicted molar refractivity (Wildman–Crippen MR) is 281 cm³/mol. The highest BCUT2D eigenvalue weighted by atomic mass is 32.1. The van der Waals surface area contributed by atoms with Gasteiger partial charge >= 0.3 is 0 Å². The molecule has 0 saturated heterocycles. The summed E-state index contributed by atoms with van der Waals surface area (Å²) in [5.74, 6) is 1.82. The Balaban J connectivity index is 1.10. The Morgan fingerprint density at radius 2 is 0.910 bits per heavy atom. The fourth-order valence-corrected chi connectivity index (χ4v) is 11.4. The predicted octanol–water partition coefficient (Wildman–Crippen LogP) is 16.3. The average Bonchev–Trinajstić information content (AvgIpc) is 4.05. The molecule has 5 nitrogen and oxygen atoms in total. The highest BCUT2D eigenvalue weighted by molar-refractivity contribution is 7.25. The summed E-state index contributed by atoms with van der Waals surface area (Å²) in [6, 6.07) is 80.3. The molecule has 0 N–H and O–H groups in total. The summed E-state index contributed by atoms with van der Waals surface area (Å²) in [5, 5.41) is 9.42. The second-order valence-corrected chi connectivity index (χ2v) is 18.3. The standard InChI is InChI=1S/C61H37N5S/c1-3-17-38(18-4-1)39-21-15-22-42(33-39)59-62-60(47-28-16-31-53-58(47)46-27-10-13-30-52(46)65(53)43-23-5-2-6-24-43)64-61(63-59)50-36-49-45-26-11-14-32-56(45)67-57(49)37-55(50)66-51-29-12-9-25-44(51)48-34-40-19-7-8-20-41(40)35-54(48)66/h1-37H. The van der Waals surface area contributed by atoms with Crippen LogP contribution in [0.25, 0.3) is 131 Å². The first-order chi connectivity index (χ1) is 33.2. The normalized spacial score (nSPS) is 11.9. The Labute approximate surface area is 389 Å². The number of fused-ring (bicyclic) bond motifs is 10. The molecule has 4 heterocycles. The Morgan fingerprint density at radius 1 is 0.313 bits per heavy atom. The monoisotopic (exact) mass is 871 g/mol. The molecule has 0 unspecified atom stereocenters. The third-order valence-electron chi connectivity index (χ3n) is 13.3. The number of rotatable bonds is 6. The van der Waals surface area contributed by atoms with Gasteiger partial charge in [0.15, 0.2) is 17.5 Å². The molecule has 0 radical (unpaired) electrons. The second kappa shape index (κ2) is 14.9. The van der Waals surface area contributed by atoms with Crippen molar-refractivity contribution >= 4 is 85.9 Å². The first-order valence-electron chi connectivity index (χ1n) is 22.6. The van der Waals surface area contributed by atoms with E-state index in [1.807, 2.05) is 11.3 Å². The van der Waals surface area contributed by atoms with Crippen LogP contribution in [0.5, 0.6) is 0 Å². The summed E-state index contributed by atoms with van der Waals surface area (Å²) in [4.78, 5) is 16.6. The molecule has 0 amide bonds. The van der Waals surface area contributed by atoms with Gasteiger partial charge in [-0.05, 0) is 88.6 Å². The number of aromatic nitrogens is 5. The van der Waals surface area contributed by atoms with Crippen molar-refractivity contribution in [1.82, 2.24) is 24.1 Å². The minimum absolute atomic E-state index is 0.604. The van der Waals surface area contributed by atoms with Crippen LogP contribution in [0.3, 0.4) is 0 Å². The Kier molecular flexibility index (Phi) is 8.38. The van der Waals surface area contributed by atoms with Gasteiger partial charge in [-0.15, -0.1) is 11.3 Å². The maximum absolute atomic E-state index is 5.63. The summed E-state index contributed by atoms with van der Waals surface area (Å²) in [7, 11) is 0. The van der Waals surface area contributed by atoms with Crippen molar-refractivity contribution in [2.45, 2.75) is 0 Å². The topological polar surface area (TPSA) is 48.5 Å². The molecule has 4 aromatic heterocycles. The van der Waals surface area contributed by atoms with E-state index in [1.54, 1.807) is 0 Å². The van der Waals surface area contributed by atoms with Crippen LogP contribution in [0.4, 0.5) is 0 Å². The van der Waals surface area contributed by atoms with Gasteiger partial charge in [0.2, 0.25) is 0 Å². The van der Waals surface area contributed by atoms with Crippen molar-refractivity contribution < 1.29 is 0 Å². The van der Waals surface area contributed by atoms with Gasteiger partial charge in [0.05, 0.1) is 27.8 Å². The van der Waals surface area contributed by atoms with E-state index >= 15 is 0 Å². The van der Waals surface area contributed by atoms with E-state index in [1.165, 1.54) is 41.7 Å². The van der Waals surface area contributed by atoms with Crippen LogP contribution >= 0.6 is 11.3 Å². The number of thiophene rings is 1. The van der Waals surface area contributed by atoms with E-state index in [0.717, 1.165) is 72.0 Å². The lowest BCUT2D eigenvalue weighted by atomic mass is 10.0. The van der Waals surface area contributed by atoms with E-state index < -0.39 is 0 Å². The number of nitrogens with zero attached hydrogens (tertiary/aromatic N) is 5. The zero-order valence-electron chi connectivity index (χ0n) is 36.0. The van der Waals surface area contributed by atoms with Crippen LogP contribution in [0.1, 0.15) is 0 Å². The maximum atomic E-state index is 5.63. The van der Waals surface area contributed by atoms with Crippen LogP contribution in [0.15, 0.2) is 224 Å². The van der Waals surface area contributed by atoms with E-state index in [-0.39, 0.29) is 0 Å². The molecule has 6 heteroatoms. The molecule has 10 aromatic carbocycles. The molecule has 14 aromatic rings. The zero-order chi connectivity index (χ0) is 44.0. The molecule has 67 heavy (non-hydrogen) atoms. The van der Waals surface area contributed by atoms with Gasteiger partial charge in [-0.3, -0.25) is 0 Å². The van der Waals surface area contributed by atoms with Gasteiger partial charge in [-0.2, -0.15) is 0 Å². The molecule has 0 atom stereocenters. The summed E-state index contributed by atoms with van der Waals surface area (Å²) >= 11 is 1.82. The lowest BCUT2D eigenvalue weighted by Gasteiger charge is -2.16. The van der Waals surface area contributed by atoms with Crippen molar-refractivity contribution in [3.05, 3.63) is 224 Å². The Morgan fingerprint density at radius 3 is 1.73 bits per heavy atom. The molecule has 0 aliphatic carbocycles. The Hall–Kier alpha value is -8.71. The minimum Gasteiger partial charge on any atom is -0.309 e. The lowest BCUT2D eigenvalue weighted by molar-refractivity contribution is 1.07. The molecule has 14 rings (SSSR count). The minimum atomic E-state index is 0.604. The highest BCUT2D eigenvalue weighted by Gasteiger charge is 2.24. The highest BCUT2D eigenvalue weighted by Crippen LogP contribution is 2.44. The number of benzene rings is 10. The molecule has 0 bridgehead atoms. The first kappa shape index (κ1) is 37.6. The van der Waals surface area contributed by atoms with Crippen LogP contribution in [0.2, 0.25) is 0 Å². The summed E-state index contributed by atoms with van der Waals surface area (Å²) < 4.78 is 7.23. The molecule has 0 aliphatic rings. The van der Waals surface area contributed by atoms with E-state index in [9.17, 15) is 0 Å². The van der Waals surface area contributed by atoms with Crippen molar-refractivity contribution in [2.75, 3.05) is 0 Å². The van der Waals surface area contributed by atoms with Gasteiger partial charge in [0, 0.05) is 64.1 Å². The average molecular weight is 872 g/mol. The van der Waals surface area contributed by atoms with Crippen molar-refractivity contribution in [1.29, 1.82) is 0 Å². The molecule has 0 aliphatic heterocycles. The van der Waals surface area contributed by atoms with Crippen LogP contribution < -0.4 is 0 Å². The smallest absolute Gasteiger partial charge is 0.166 e. The van der Waals surface area contributed by atoms with Crippen molar-refractivity contribution in [2.24, 2.45) is 0 Å². The van der Waals surface area contributed by atoms with E-state index in [0.29, 0.717) is 17.5 Å². The van der Waals surface area contributed by atoms with Crippen LogP contribution in [-0.2, 0) is 0 Å². The fraction of sp³-hybridized carbons (Fsp3) is 0. The molecular formula is C61H37N5S. The van der Waals surface area contributed by atoms with Gasteiger partial charge in [0.25, 0.3) is 0 Å². The third-order valence-corrected chi connectivity index (χ3v) is 14.5. The van der Waals surface area contributed by atoms with E-state index in [4.69, 9.17) is 15.0 Å². The molecule has 0 fully saturated rings. The SMILES string of the molecule is c1ccc(-c2cccc(-c3nc(-c4cc5c(cc4-n4c6ccccc6c6cc7ccccc7cc64)sc4ccccc45)nc(-c4cccc5c4c4ccccc4n5-c4ccccc4)n3)c2)cc1. The quantitative estimate of drug-likeness (QED) is 0.167. The fourth-order valence-electron chi connectivity index (χ4n) is 10.3. The van der Waals surface area contributed by atoms with Crippen LogP contribution in [0, 0.1) is 0 Å². The molecule has 0 saturated carbocycles. The van der Waals surface area contributed by atoms with Gasteiger partial charge in [0.1, 0.15) is 0 Å². The zero-order valence-corrected chi connectivity index (χ0v) is 36.8. The lowest BCUT2D eigenvalue weighted by Crippen LogP contribution is -2.04. The number of hydrogen-bond acceptors (Lipinski definition) is 4. The molecular weight excluding hydrogens is 835 g/mol. The van der Waals surface area contributed by atoms with Gasteiger partial charge in [-0.25, -0.2) is 15.0 Å². The van der Waals surface area contributed by atoms with E-state index in [2.05, 4.69) is 234 Å². The molecule has 312 valence electrons. The maximum Gasteiger partial charge on any atom is 0.166 e. The second-order valence-electron chi connectivity index (χ2n) is 17.2. The van der Waals surface area contributed by atoms with Crippen molar-refractivity contribution in [3.8, 4) is 56.7 Å². The number of para-hydroxylation sites is 3. The Bertz CT molecular complexity index is 4280. The number of hydrogen-bond donors (Lipinski definition) is 0. The third kappa shape index (κ3) is 5.97. The van der Waals surface area contributed by atoms with Gasteiger partial charge < -0.3 is 9.13 Å². The van der Waals surface area contributed by atoms with Crippen molar-refractivity contribution in [3.63, 3.8) is 0 Å². The summed E-state index contributed by atoms with van der Waals surface area (Å²) in [6.07, 6.45) is 0. The summed E-state index contributed by atoms with van der Waals surface area (Å²) in [5.41, 5.74) is 11.6. The van der Waals surface area contributed by atoms with Crippen LogP contribution in [-0.4, -0.2) is 24.1 Å². The molecule has 0 spiro atoms. The van der Waals surface area contributed by atoms with Gasteiger partial charge in [-0.1, -0.05) is 158 Å². The summed E-state index contributed by atoms with van der Waals surface area (Å²) in [6.45, 7) is 0.